The van der Waals surface area contributed by atoms with Gasteiger partial charge in [-0.1, -0.05) is 12.1 Å². The van der Waals surface area contributed by atoms with E-state index in [-0.39, 0.29) is 44.0 Å². The molecule has 0 aromatic heterocycles. The molecular weight excluding hydrogens is 508 g/mol. The second-order valence-corrected chi connectivity index (χ2v) is 8.09. The van der Waals surface area contributed by atoms with Gasteiger partial charge in [0.05, 0.1) is 50.6 Å². The molecule has 1 rings (SSSR count). The Morgan fingerprint density at radius 2 is 1.11 bits per heavy atom. The predicted molar refractivity (Wildman–Crippen MR) is 131 cm³/mol. The highest BCUT2D eigenvalue weighted by Crippen LogP contribution is 2.16. The van der Waals surface area contributed by atoms with Crippen LogP contribution in [0.2, 0.25) is 0 Å². The number of hydrogen-bond donors (Lipinski definition) is 5. The number of rotatable bonds is 19. The third-order valence-electron chi connectivity index (χ3n) is 4.96. The minimum absolute atomic E-state index is 0.0136. The Kier molecular flexibility index (Phi) is 14.0. The lowest BCUT2D eigenvalue weighted by Crippen LogP contribution is -2.46. The summed E-state index contributed by atoms with van der Waals surface area (Å²) >= 11 is 0. The van der Waals surface area contributed by atoms with Crippen LogP contribution in [-0.4, -0.2) is 136 Å². The van der Waals surface area contributed by atoms with Crippen LogP contribution >= 0.6 is 0 Å². The lowest BCUT2D eigenvalue weighted by atomic mass is 10.2. The van der Waals surface area contributed by atoms with Crippen molar-refractivity contribution in [1.29, 1.82) is 0 Å². The highest BCUT2D eigenvalue weighted by Gasteiger charge is 2.20. The molecule has 38 heavy (non-hydrogen) atoms. The van der Waals surface area contributed by atoms with Crippen molar-refractivity contribution in [2.75, 3.05) is 70.8 Å². The number of nitrogens with zero attached hydrogens (tertiary/aromatic N) is 3. The second-order valence-electron chi connectivity index (χ2n) is 8.09. The fourth-order valence-electron chi connectivity index (χ4n) is 3.40. The van der Waals surface area contributed by atoms with E-state index in [4.69, 9.17) is 14.9 Å². The van der Waals surface area contributed by atoms with E-state index in [0.29, 0.717) is 0 Å². The molecule has 15 heteroatoms. The molecule has 0 aliphatic carbocycles. The lowest BCUT2D eigenvalue weighted by molar-refractivity contribution is -0.143. The Bertz CT molecular complexity index is 985. The molecule has 1 amide bonds. The van der Waals surface area contributed by atoms with Gasteiger partial charge < -0.3 is 30.5 Å². The van der Waals surface area contributed by atoms with Crippen molar-refractivity contribution in [2.24, 2.45) is 0 Å². The average molecular weight is 541 g/mol. The van der Waals surface area contributed by atoms with Crippen LogP contribution in [0.1, 0.15) is 17.3 Å². The van der Waals surface area contributed by atoms with Crippen molar-refractivity contribution in [3.05, 3.63) is 29.8 Å². The van der Waals surface area contributed by atoms with Crippen LogP contribution in [0, 0.1) is 0 Å². The molecule has 0 bridgehead atoms. The Hall–Kier alpha value is -4.08. The molecule has 0 unspecified atom stereocenters. The van der Waals surface area contributed by atoms with Gasteiger partial charge in [-0.25, -0.2) is 4.79 Å². The maximum Gasteiger partial charge on any atom is 0.340 e. The molecule has 5 N–H and O–H groups in total. The number of aliphatic carboxylic acids is 4. The fourth-order valence-corrected chi connectivity index (χ4v) is 3.40. The number of anilines is 1. The van der Waals surface area contributed by atoms with Crippen LogP contribution in [-0.2, 0) is 28.7 Å². The standard InChI is InChI=1S/C23H32N4O11/c1-2-38-23(37)16-5-3-4-6-17(16)24-18(28)11-26(13-20(31)32)9-7-25(12-19(29)30)8-10-27(14-21(33)34)15-22(35)36/h3-6H,2,7-15H2,1H3,(H,24,28)(H,29,30)(H,31,32)(H,33,34)(H,35,36). The Labute approximate surface area is 218 Å². The summed E-state index contributed by atoms with van der Waals surface area (Å²) in [5.74, 6) is -6.20. The molecule has 0 saturated carbocycles. The highest BCUT2D eigenvalue weighted by atomic mass is 16.5. The van der Waals surface area contributed by atoms with Gasteiger partial charge >= 0.3 is 29.8 Å². The molecule has 15 nitrogen and oxygen atoms in total. The van der Waals surface area contributed by atoms with E-state index >= 15 is 0 Å². The summed E-state index contributed by atoms with van der Waals surface area (Å²) in [5, 5.41) is 38.9. The topological polar surface area (TPSA) is 214 Å². The Balaban J connectivity index is 2.87. The third kappa shape index (κ3) is 13.3. The van der Waals surface area contributed by atoms with Gasteiger partial charge in [0.25, 0.3) is 0 Å². The first kappa shape index (κ1) is 31.9. The summed E-state index contributed by atoms with van der Waals surface area (Å²) < 4.78 is 4.96. The van der Waals surface area contributed by atoms with Gasteiger partial charge in [0.2, 0.25) is 5.91 Å². The van der Waals surface area contributed by atoms with Crippen LogP contribution in [0.15, 0.2) is 24.3 Å². The van der Waals surface area contributed by atoms with E-state index in [9.17, 15) is 39.0 Å². The van der Waals surface area contributed by atoms with E-state index in [1.54, 1.807) is 19.1 Å². The van der Waals surface area contributed by atoms with E-state index in [0.717, 1.165) is 4.90 Å². The number of benzene rings is 1. The van der Waals surface area contributed by atoms with E-state index < -0.39 is 68.5 Å². The van der Waals surface area contributed by atoms with Crippen molar-refractivity contribution in [3.63, 3.8) is 0 Å². The second kappa shape index (κ2) is 16.6. The number of nitrogens with one attached hydrogen (secondary N) is 1. The molecule has 1 aromatic rings. The van der Waals surface area contributed by atoms with Gasteiger partial charge in [-0.3, -0.25) is 38.7 Å². The van der Waals surface area contributed by atoms with Gasteiger partial charge in [-0.15, -0.1) is 0 Å². The highest BCUT2D eigenvalue weighted by molar-refractivity contribution is 6.01. The van der Waals surface area contributed by atoms with Gasteiger partial charge in [0, 0.05) is 26.2 Å². The molecule has 0 aliphatic rings. The maximum atomic E-state index is 12.7. The number of carbonyl (C=O) groups is 6. The molecule has 0 radical (unpaired) electrons. The molecular formula is C23H32N4O11. The van der Waals surface area contributed by atoms with Gasteiger partial charge in [0.1, 0.15) is 0 Å². The average Bonchev–Trinajstić information content (AvgIpc) is 2.79. The molecule has 0 atom stereocenters. The summed E-state index contributed by atoms with van der Waals surface area (Å²) in [6, 6.07) is 6.13. The quantitative estimate of drug-likeness (QED) is 0.134. The summed E-state index contributed by atoms with van der Waals surface area (Å²) in [5.41, 5.74) is 0.295. The molecule has 210 valence electrons. The van der Waals surface area contributed by atoms with Crippen molar-refractivity contribution in [1.82, 2.24) is 14.7 Å². The lowest BCUT2D eigenvalue weighted by Gasteiger charge is -2.27. The molecule has 0 saturated heterocycles. The van der Waals surface area contributed by atoms with Crippen LogP contribution < -0.4 is 5.32 Å². The molecule has 0 fully saturated rings. The zero-order valence-corrected chi connectivity index (χ0v) is 20.9. The van der Waals surface area contributed by atoms with Crippen LogP contribution in [0.5, 0.6) is 0 Å². The summed E-state index contributed by atoms with van der Waals surface area (Å²) in [6.07, 6.45) is 0. The fraction of sp³-hybridized carbons (Fsp3) is 0.478. The number of amides is 1. The third-order valence-corrected chi connectivity index (χ3v) is 4.96. The van der Waals surface area contributed by atoms with E-state index in [2.05, 4.69) is 5.32 Å². The first-order chi connectivity index (χ1) is 17.9. The SMILES string of the molecule is CCOC(=O)c1ccccc1NC(=O)CN(CCN(CCN(CC(=O)O)CC(=O)O)CC(=O)O)CC(=O)O. The first-order valence-electron chi connectivity index (χ1n) is 11.5. The zero-order valence-electron chi connectivity index (χ0n) is 20.9. The Morgan fingerprint density at radius 3 is 1.58 bits per heavy atom. The van der Waals surface area contributed by atoms with E-state index in [1.807, 2.05) is 0 Å². The number of para-hydroxylation sites is 1. The molecule has 0 aliphatic heterocycles. The molecule has 1 aromatic carbocycles. The smallest absolute Gasteiger partial charge is 0.340 e. The normalized spacial score (nSPS) is 10.9. The number of carboxylic acid groups (broad SMARTS) is 4. The first-order valence-corrected chi connectivity index (χ1v) is 11.5. The summed E-state index contributed by atoms with van der Waals surface area (Å²) in [4.78, 5) is 73.1. The maximum absolute atomic E-state index is 12.7. The van der Waals surface area contributed by atoms with Crippen LogP contribution in [0.4, 0.5) is 5.69 Å². The zero-order chi connectivity index (χ0) is 28.7. The van der Waals surface area contributed by atoms with Gasteiger partial charge in [0.15, 0.2) is 0 Å². The van der Waals surface area contributed by atoms with Gasteiger partial charge in [-0.05, 0) is 19.1 Å². The van der Waals surface area contributed by atoms with Crippen LogP contribution in [0.3, 0.4) is 0 Å². The minimum atomic E-state index is -1.25. The number of ether oxygens (including phenoxy) is 1. The number of carboxylic acids is 4. The number of hydrogen-bond acceptors (Lipinski definition) is 10. The molecule has 0 heterocycles. The summed E-state index contributed by atoms with van der Waals surface area (Å²) in [7, 11) is 0. The monoisotopic (exact) mass is 540 g/mol. The number of carbonyl (C=O) groups excluding carboxylic acids is 2. The molecule has 0 spiro atoms. The largest absolute Gasteiger partial charge is 0.480 e. The van der Waals surface area contributed by atoms with Crippen molar-refractivity contribution in [2.45, 2.75) is 6.92 Å². The summed E-state index contributed by atoms with van der Waals surface area (Å²) in [6.45, 7) is -0.942. The van der Waals surface area contributed by atoms with E-state index in [1.165, 1.54) is 21.9 Å². The number of esters is 1. The Morgan fingerprint density at radius 1 is 0.684 bits per heavy atom. The van der Waals surface area contributed by atoms with Crippen LogP contribution in [0.25, 0.3) is 0 Å². The van der Waals surface area contributed by atoms with Gasteiger partial charge in [-0.2, -0.15) is 0 Å². The van der Waals surface area contributed by atoms with Crippen molar-refractivity contribution >= 4 is 41.4 Å². The predicted octanol–water partition coefficient (Wildman–Crippen LogP) is -0.954. The minimum Gasteiger partial charge on any atom is -0.480 e. The van der Waals surface area contributed by atoms with Crippen molar-refractivity contribution in [3.8, 4) is 0 Å². The van der Waals surface area contributed by atoms with Crippen molar-refractivity contribution < 1.29 is 53.9 Å².